The molecule has 0 aromatic heterocycles. The molecular weight excluding hydrogens is 238 g/mol. The third-order valence-corrected chi connectivity index (χ3v) is 2.99. The Bertz CT molecular complexity index is 317. The average Bonchev–Trinajstić information content (AvgIpc) is 2.76. The monoisotopic (exact) mass is 257 g/mol. The first kappa shape index (κ1) is 13.3. The van der Waals surface area contributed by atoms with Crippen LogP contribution in [-0.2, 0) is 14.3 Å². The van der Waals surface area contributed by atoms with Gasteiger partial charge in [-0.1, -0.05) is 0 Å². The second kappa shape index (κ2) is 6.12. The minimum Gasteiger partial charge on any atom is -0.447 e. The van der Waals surface area contributed by atoms with Crippen molar-refractivity contribution in [3.8, 4) is 0 Å². The van der Waals surface area contributed by atoms with Crippen molar-refractivity contribution >= 4 is 12.0 Å². The summed E-state index contributed by atoms with van der Waals surface area (Å²) in [6.45, 7) is 3.89. The Balaban J connectivity index is 1.74. The van der Waals surface area contributed by atoms with E-state index in [2.05, 4.69) is 5.32 Å². The first-order chi connectivity index (χ1) is 8.66. The van der Waals surface area contributed by atoms with Crippen LogP contribution in [0.1, 0.15) is 0 Å². The molecular formula is C11H19N3O4. The lowest BCUT2D eigenvalue weighted by atomic mass is 10.3. The number of cyclic esters (lactones) is 1. The van der Waals surface area contributed by atoms with Crippen LogP contribution in [0.3, 0.4) is 0 Å². The second-order valence-electron chi connectivity index (χ2n) is 4.55. The zero-order valence-electron chi connectivity index (χ0n) is 10.6. The number of hydrogen-bond donors (Lipinski definition) is 1. The third-order valence-electron chi connectivity index (χ3n) is 2.99. The molecule has 0 radical (unpaired) electrons. The van der Waals surface area contributed by atoms with Gasteiger partial charge in [0.1, 0.15) is 6.61 Å². The predicted octanol–water partition coefficient (Wildman–Crippen LogP) is -1.11. The number of imide groups is 1. The van der Waals surface area contributed by atoms with Crippen molar-refractivity contribution < 1.29 is 19.1 Å². The standard InChI is InChI=1S/C11H19N3O4/c1-13(7-9-6-12-2-4-17-9)8-10(15)14-3-5-18-11(14)16/h9,12H,2-8H2,1H3. The Morgan fingerprint density at radius 3 is 3.00 bits per heavy atom. The number of ether oxygens (including phenoxy) is 2. The molecule has 18 heavy (non-hydrogen) atoms. The molecule has 2 fully saturated rings. The van der Waals surface area contributed by atoms with Crippen LogP contribution in [0.25, 0.3) is 0 Å². The molecule has 2 rings (SSSR count). The summed E-state index contributed by atoms with van der Waals surface area (Å²) in [5, 5.41) is 3.23. The zero-order valence-corrected chi connectivity index (χ0v) is 10.6. The first-order valence-corrected chi connectivity index (χ1v) is 6.15. The summed E-state index contributed by atoms with van der Waals surface area (Å²) in [6, 6.07) is 0. The molecule has 7 heteroatoms. The van der Waals surface area contributed by atoms with E-state index in [1.54, 1.807) is 0 Å². The van der Waals surface area contributed by atoms with Gasteiger partial charge >= 0.3 is 6.09 Å². The zero-order chi connectivity index (χ0) is 13.0. The molecule has 0 saturated carbocycles. The van der Waals surface area contributed by atoms with Crippen molar-refractivity contribution in [2.24, 2.45) is 0 Å². The third kappa shape index (κ3) is 3.41. The van der Waals surface area contributed by atoms with Gasteiger partial charge in [-0.3, -0.25) is 9.69 Å². The molecule has 1 N–H and O–H groups in total. The minimum absolute atomic E-state index is 0.0991. The highest BCUT2D eigenvalue weighted by Crippen LogP contribution is 2.05. The largest absolute Gasteiger partial charge is 0.447 e. The highest BCUT2D eigenvalue weighted by molar-refractivity contribution is 5.93. The summed E-state index contributed by atoms with van der Waals surface area (Å²) in [6.07, 6.45) is -0.439. The van der Waals surface area contributed by atoms with Gasteiger partial charge in [0.05, 0.1) is 25.8 Å². The number of nitrogens with one attached hydrogen (secondary N) is 1. The van der Waals surface area contributed by atoms with Crippen LogP contribution < -0.4 is 5.32 Å². The van der Waals surface area contributed by atoms with E-state index in [0.29, 0.717) is 26.3 Å². The molecule has 102 valence electrons. The first-order valence-electron chi connectivity index (χ1n) is 6.15. The predicted molar refractivity (Wildman–Crippen MR) is 63.2 cm³/mol. The van der Waals surface area contributed by atoms with E-state index in [9.17, 15) is 9.59 Å². The summed E-state index contributed by atoms with van der Waals surface area (Å²) in [5.74, 6) is -0.219. The van der Waals surface area contributed by atoms with Crippen molar-refractivity contribution in [2.75, 3.05) is 53.0 Å². The van der Waals surface area contributed by atoms with E-state index < -0.39 is 6.09 Å². The maximum Gasteiger partial charge on any atom is 0.416 e. The average molecular weight is 257 g/mol. The van der Waals surface area contributed by atoms with Gasteiger partial charge in [-0.2, -0.15) is 0 Å². The summed E-state index contributed by atoms with van der Waals surface area (Å²) in [4.78, 5) is 26.1. The van der Waals surface area contributed by atoms with E-state index >= 15 is 0 Å². The molecule has 2 aliphatic rings. The molecule has 0 aromatic carbocycles. The molecule has 0 aromatic rings. The number of carbonyl (C=O) groups excluding carboxylic acids is 2. The molecule has 1 atom stereocenters. The maximum absolute atomic E-state index is 11.8. The van der Waals surface area contributed by atoms with E-state index in [-0.39, 0.29) is 18.6 Å². The van der Waals surface area contributed by atoms with E-state index in [1.165, 1.54) is 0 Å². The van der Waals surface area contributed by atoms with E-state index in [4.69, 9.17) is 9.47 Å². The van der Waals surface area contributed by atoms with Crippen molar-refractivity contribution in [1.82, 2.24) is 15.1 Å². The Kier molecular flexibility index (Phi) is 4.51. The molecule has 2 saturated heterocycles. The highest BCUT2D eigenvalue weighted by Gasteiger charge is 2.29. The molecule has 0 spiro atoms. The van der Waals surface area contributed by atoms with Crippen LogP contribution in [0.4, 0.5) is 4.79 Å². The number of nitrogens with zero attached hydrogens (tertiary/aromatic N) is 2. The van der Waals surface area contributed by atoms with Gasteiger partial charge in [0.2, 0.25) is 5.91 Å². The van der Waals surface area contributed by atoms with Gasteiger partial charge in [-0.15, -0.1) is 0 Å². The molecule has 7 nitrogen and oxygen atoms in total. The highest BCUT2D eigenvalue weighted by atomic mass is 16.6. The number of amides is 2. The van der Waals surface area contributed by atoms with Crippen LogP contribution >= 0.6 is 0 Å². The van der Waals surface area contributed by atoms with Gasteiger partial charge < -0.3 is 14.8 Å². The Labute approximate surface area is 106 Å². The van der Waals surface area contributed by atoms with Crippen LogP contribution in [0.2, 0.25) is 0 Å². The fourth-order valence-electron chi connectivity index (χ4n) is 2.09. The molecule has 2 aliphatic heterocycles. The fourth-order valence-corrected chi connectivity index (χ4v) is 2.09. The lowest BCUT2D eigenvalue weighted by Gasteiger charge is -2.28. The lowest BCUT2D eigenvalue weighted by molar-refractivity contribution is -0.129. The summed E-state index contributed by atoms with van der Waals surface area (Å²) in [7, 11) is 1.84. The SMILES string of the molecule is CN(CC(=O)N1CCOC1=O)CC1CNCCO1. The second-order valence-corrected chi connectivity index (χ2v) is 4.55. The Morgan fingerprint density at radius 1 is 1.56 bits per heavy atom. The normalized spacial score (nSPS) is 24.4. The van der Waals surface area contributed by atoms with E-state index in [0.717, 1.165) is 18.0 Å². The number of carbonyl (C=O) groups is 2. The quantitative estimate of drug-likeness (QED) is 0.688. The van der Waals surface area contributed by atoms with Crippen LogP contribution in [-0.4, -0.2) is 80.9 Å². The van der Waals surface area contributed by atoms with Crippen molar-refractivity contribution in [2.45, 2.75) is 6.10 Å². The Morgan fingerprint density at radius 2 is 2.39 bits per heavy atom. The topological polar surface area (TPSA) is 71.1 Å². The van der Waals surface area contributed by atoms with Gasteiger partial charge in [0.25, 0.3) is 0 Å². The molecule has 0 aliphatic carbocycles. The van der Waals surface area contributed by atoms with Crippen LogP contribution in [0.15, 0.2) is 0 Å². The van der Waals surface area contributed by atoms with Gasteiger partial charge in [-0.25, -0.2) is 9.69 Å². The van der Waals surface area contributed by atoms with Crippen molar-refractivity contribution in [1.29, 1.82) is 0 Å². The Hall–Kier alpha value is -1.18. The summed E-state index contributed by atoms with van der Waals surface area (Å²) < 4.78 is 10.3. The summed E-state index contributed by atoms with van der Waals surface area (Å²) >= 11 is 0. The van der Waals surface area contributed by atoms with E-state index in [1.807, 2.05) is 11.9 Å². The minimum atomic E-state index is -0.538. The van der Waals surface area contributed by atoms with Crippen LogP contribution in [0, 0.1) is 0 Å². The van der Waals surface area contributed by atoms with Crippen LogP contribution in [0.5, 0.6) is 0 Å². The number of hydrogen-bond acceptors (Lipinski definition) is 6. The number of morpholine rings is 1. The summed E-state index contributed by atoms with van der Waals surface area (Å²) in [5.41, 5.74) is 0. The molecule has 1 unspecified atom stereocenters. The maximum atomic E-state index is 11.8. The molecule has 2 amide bonds. The molecule has 2 heterocycles. The van der Waals surface area contributed by atoms with Gasteiger partial charge in [0.15, 0.2) is 0 Å². The fraction of sp³-hybridized carbons (Fsp3) is 0.818. The van der Waals surface area contributed by atoms with Crippen molar-refractivity contribution in [3.63, 3.8) is 0 Å². The van der Waals surface area contributed by atoms with Gasteiger partial charge in [-0.05, 0) is 7.05 Å². The number of likely N-dealkylation sites (N-methyl/N-ethyl adjacent to an activating group) is 1. The molecule has 0 bridgehead atoms. The number of rotatable bonds is 4. The smallest absolute Gasteiger partial charge is 0.416 e. The van der Waals surface area contributed by atoms with Crippen molar-refractivity contribution in [3.05, 3.63) is 0 Å². The van der Waals surface area contributed by atoms with Gasteiger partial charge in [0, 0.05) is 19.6 Å². The lowest BCUT2D eigenvalue weighted by Crippen LogP contribution is -2.47.